The van der Waals surface area contributed by atoms with E-state index in [4.69, 9.17) is 9.98 Å². The van der Waals surface area contributed by atoms with E-state index in [1.807, 2.05) is 24.3 Å². The lowest BCUT2D eigenvalue weighted by Crippen LogP contribution is -2.00. The molecule has 132 valence electrons. The van der Waals surface area contributed by atoms with Crippen molar-refractivity contribution >= 4 is 22.8 Å². The molecule has 0 amide bonds. The number of aryl methyl sites for hydroxylation is 6. The molecule has 26 heavy (non-hydrogen) atoms. The summed E-state index contributed by atoms with van der Waals surface area (Å²) in [6, 6.07) is 8.72. The number of allylic oxidation sites excluding steroid dienone is 4. The zero-order valence-electron chi connectivity index (χ0n) is 16.5. The predicted molar refractivity (Wildman–Crippen MR) is 114 cm³/mol. The van der Waals surface area contributed by atoms with Gasteiger partial charge in [-0.1, -0.05) is 35.4 Å². The number of rotatable bonds is 2. The van der Waals surface area contributed by atoms with Crippen molar-refractivity contribution in [3.63, 3.8) is 0 Å². The second-order valence-electron chi connectivity index (χ2n) is 7.23. The van der Waals surface area contributed by atoms with Gasteiger partial charge in [0.1, 0.15) is 0 Å². The smallest absolute Gasteiger partial charge is 0.0695 e. The lowest BCUT2D eigenvalue weighted by atomic mass is 10.0. The van der Waals surface area contributed by atoms with Crippen LogP contribution >= 0.6 is 0 Å². The Bertz CT molecular complexity index is 842. The molecule has 0 N–H and O–H groups in total. The summed E-state index contributed by atoms with van der Waals surface area (Å²) in [7, 11) is 0. The Balaban J connectivity index is 1.89. The van der Waals surface area contributed by atoms with Gasteiger partial charge in [0.15, 0.2) is 0 Å². The fourth-order valence-corrected chi connectivity index (χ4v) is 3.56. The number of hydrogen-bond acceptors (Lipinski definition) is 2. The van der Waals surface area contributed by atoms with Crippen molar-refractivity contribution in [3.8, 4) is 0 Å². The van der Waals surface area contributed by atoms with Crippen LogP contribution in [0.3, 0.4) is 0 Å². The Kier molecular flexibility index (Phi) is 5.03. The highest BCUT2D eigenvalue weighted by Crippen LogP contribution is 2.27. The summed E-state index contributed by atoms with van der Waals surface area (Å²) in [5, 5.41) is 0. The molecule has 0 aromatic heterocycles. The van der Waals surface area contributed by atoms with Gasteiger partial charge < -0.3 is 0 Å². The highest BCUT2D eigenvalue weighted by atomic mass is 14.8. The monoisotopic (exact) mass is 342 g/mol. The van der Waals surface area contributed by atoms with Crippen LogP contribution in [0.1, 0.15) is 33.4 Å². The van der Waals surface area contributed by atoms with Crippen LogP contribution in [0.15, 0.2) is 58.6 Å². The van der Waals surface area contributed by atoms with E-state index in [0.717, 1.165) is 22.8 Å². The van der Waals surface area contributed by atoms with Crippen molar-refractivity contribution in [1.29, 1.82) is 0 Å². The van der Waals surface area contributed by atoms with E-state index < -0.39 is 0 Å². The molecule has 2 aromatic carbocycles. The van der Waals surface area contributed by atoms with Crippen LogP contribution in [0.25, 0.3) is 0 Å². The fourth-order valence-electron chi connectivity index (χ4n) is 3.56. The van der Waals surface area contributed by atoms with Crippen LogP contribution in [0.5, 0.6) is 0 Å². The number of nitrogens with zero attached hydrogens (tertiary/aromatic N) is 2. The van der Waals surface area contributed by atoms with Gasteiger partial charge in [0.05, 0.1) is 22.8 Å². The third-order valence-corrected chi connectivity index (χ3v) is 4.60. The van der Waals surface area contributed by atoms with Crippen molar-refractivity contribution in [3.05, 3.63) is 82.0 Å². The number of benzene rings is 2. The standard InChI is InChI=1S/C24H26N2/c1-15-11-17(3)23(18(4)12-15)25-21-7-9-22(10-8-21)26-24-19(5)13-16(2)14-20(24)6/h7-14H,1-6H3. The molecule has 0 saturated carbocycles. The van der Waals surface area contributed by atoms with E-state index in [2.05, 4.69) is 65.8 Å². The highest BCUT2D eigenvalue weighted by Gasteiger charge is 2.07. The normalized spacial score (nSPS) is 13.3. The molecule has 2 aromatic rings. The van der Waals surface area contributed by atoms with Crippen molar-refractivity contribution < 1.29 is 0 Å². The molecule has 1 aliphatic rings. The molecule has 2 nitrogen and oxygen atoms in total. The van der Waals surface area contributed by atoms with Gasteiger partial charge in [-0.05, 0) is 88.1 Å². The van der Waals surface area contributed by atoms with E-state index >= 15 is 0 Å². The van der Waals surface area contributed by atoms with E-state index in [-0.39, 0.29) is 0 Å². The quantitative estimate of drug-likeness (QED) is 0.556. The Labute approximate surface area is 156 Å². The van der Waals surface area contributed by atoms with Gasteiger partial charge in [-0.25, -0.2) is 9.98 Å². The molecule has 0 atom stereocenters. The average Bonchev–Trinajstić information content (AvgIpc) is 2.55. The van der Waals surface area contributed by atoms with Gasteiger partial charge in [0.2, 0.25) is 0 Å². The van der Waals surface area contributed by atoms with Gasteiger partial charge in [-0.3, -0.25) is 0 Å². The van der Waals surface area contributed by atoms with Gasteiger partial charge in [-0.2, -0.15) is 0 Å². The molecule has 1 aliphatic carbocycles. The molecule has 0 bridgehead atoms. The van der Waals surface area contributed by atoms with E-state index in [1.54, 1.807) is 0 Å². The van der Waals surface area contributed by atoms with E-state index in [1.165, 1.54) is 33.4 Å². The Hall–Kier alpha value is -2.74. The molecule has 0 spiro atoms. The largest absolute Gasteiger partial charge is 0.249 e. The van der Waals surface area contributed by atoms with Gasteiger partial charge in [0, 0.05) is 0 Å². The third kappa shape index (κ3) is 3.91. The van der Waals surface area contributed by atoms with Gasteiger partial charge in [0.25, 0.3) is 0 Å². The molecule has 3 rings (SSSR count). The highest BCUT2D eigenvalue weighted by molar-refractivity contribution is 6.19. The summed E-state index contributed by atoms with van der Waals surface area (Å²) in [6.45, 7) is 12.7. The van der Waals surface area contributed by atoms with Crippen LogP contribution in [0.4, 0.5) is 11.4 Å². The van der Waals surface area contributed by atoms with Crippen LogP contribution in [0, 0.1) is 41.5 Å². The molecule has 0 fully saturated rings. The minimum absolute atomic E-state index is 0.955. The van der Waals surface area contributed by atoms with Crippen molar-refractivity contribution in [2.24, 2.45) is 9.98 Å². The molecule has 2 heteroatoms. The topological polar surface area (TPSA) is 24.7 Å². The molecule has 0 radical (unpaired) electrons. The van der Waals surface area contributed by atoms with Gasteiger partial charge in [-0.15, -0.1) is 0 Å². The SMILES string of the molecule is Cc1cc(C)c(N=C2C=CC(=Nc3c(C)cc(C)cc3C)C=C2)c(C)c1. The average molecular weight is 342 g/mol. The number of aliphatic imine (C=N–C) groups is 2. The third-order valence-electron chi connectivity index (χ3n) is 4.60. The summed E-state index contributed by atoms with van der Waals surface area (Å²) in [6.07, 6.45) is 8.15. The summed E-state index contributed by atoms with van der Waals surface area (Å²) in [5.41, 5.74) is 11.4. The molecule has 0 saturated heterocycles. The van der Waals surface area contributed by atoms with Gasteiger partial charge >= 0.3 is 0 Å². The second-order valence-corrected chi connectivity index (χ2v) is 7.23. The molecular weight excluding hydrogens is 316 g/mol. The first-order valence-corrected chi connectivity index (χ1v) is 9.03. The van der Waals surface area contributed by atoms with E-state index in [9.17, 15) is 0 Å². The first kappa shape index (κ1) is 18.1. The summed E-state index contributed by atoms with van der Waals surface area (Å²) < 4.78 is 0. The minimum Gasteiger partial charge on any atom is -0.249 e. The number of hydrogen-bond donors (Lipinski definition) is 0. The Morgan fingerprint density at radius 2 is 0.731 bits per heavy atom. The van der Waals surface area contributed by atoms with Crippen molar-refractivity contribution in [2.75, 3.05) is 0 Å². The van der Waals surface area contributed by atoms with Crippen LogP contribution < -0.4 is 0 Å². The van der Waals surface area contributed by atoms with Crippen LogP contribution in [-0.2, 0) is 0 Å². The molecule has 0 heterocycles. The zero-order valence-corrected chi connectivity index (χ0v) is 16.5. The van der Waals surface area contributed by atoms with Crippen molar-refractivity contribution in [2.45, 2.75) is 41.5 Å². The summed E-state index contributed by atoms with van der Waals surface area (Å²) >= 11 is 0. The van der Waals surface area contributed by atoms with Crippen molar-refractivity contribution in [1.82, 2.24) is 0 Å². The fraction of sp³-hybridized carbons (Fsp3) is 0.250. The van der Waals surface area contributed by atoms with Crippen LogP contribution in [0.2, 0.25) is 0 Å². The van der Waals surface area contributed by atoms with Crippen LogP contribution in [-0.4, -0.2) is 11.4 Å². The minimum atomic E-state index is 0.955. The Morgan fingerprint density at radius 3 is 1.00 bits per heavy atom. The maximum Gasteiger partial charge on any atom is 0.0695 e. The second kappa shape index (κ2) is 7.25. The molecular formula is C24H26N2. The lowest BCUT2D eigenvalue weighted by Gasteiger charge is -2.10. The maximum atomic E-state index is 4.83. The summed E-state index contributed by atoms with van der Waals surface area (Å²) in [5.74, 6) is 0. The zero-order chi connectivity index (χ0) is 18.8. The Morgan fingerprint density at radius 1 is 0.462 bits per heavy atom. The first-order chi connectivity index (χ1) is 12.3. The maximum absolute atomic E-state index is 4.83. The lowest BCUT2D eigenvalue weighted by molar-refractivity contribution is 1.28. The first-order valence-electron chi connectivity index (χ1n) is 9.03. The molecule has 0 unspecified atom stereocenters. The predicted octanol–water partition coefficient (Wildman–Crippen LogP) is 6.51. The molecule has 0 aliphatic heterocycles. The van der Waals surface area contributed by atoms with E-state index in [0.29, 0.717) is 0 Å². The summed E-state index contributed by atoms with van der Waals surface area (Å²) in [4.78, 5) is 9.67.